The summed E-state index contributed by atoms with van der Waals surface area (Å²) in [6, 6.07) is 20.9. The molecule has 2 aromatic carbocycles. The number of ether oxygens (including phenoxy) is 1. The Morgan fingerprint density at radius 3 is 2.50 bits per heavy atom. The van der Waals surface area contributed by atoms with E-state index in [9.17, 15) is 0 Å². The second-order valence-electron chi connectivity index (χ2n) is 7.97. The van der Waals surface area contributed by atoms with Gasteiger partial charge in [-0.05, 0) is 17.0 Å². The van der Waals surface area contributed by atoms with Crippen molar-refractivity contribution in [1.82, 2.24) is 9.97 Å². The summed E-state index contributed by atoms with van der Waals surface area (Å²) in [5.41, 5.74) is 3.77. The minimum absolute atomic E-state index is 0.260. The van der Waals surface area contributed by atoms with Gasteiger partial charge in [-0.3, -0.25) is 0 Å². The molecule has 0 spiro atoms. The molecule has 152 valence electrons. The van der Waals surface area contributed by atoms with Gasteiger partial charge < -0.3 is 4.74 Å². The Bertz CT molecular complexity index is 1160. The van der Waals surface area contributed by atoms with Gasteiger partial charge in [-0.15, -0.1) is 23.1 Å². The van der Waals surface area contributed by atoms with Crippen LogP contribution in [0.1, 0.15) is 29.9 Å². The molecule has 30 heavy (non-hydrogen) atoms. The molecule has 0 N–H and O–H groups in total. The predicted octanol–water partition coefficient (Wildman–Crippen LogP) is 6.75. The Morgan fingerprint density at radius 2 is 1.77 bits per heavy atom. The number of hydrogen-bond donors (Lipinski definition) is 0. The summed E-state index contributed by atoms with van der Waals surface area (Å²) in [5, 5.41) is 2.33. The lowest BCUT2D eigenvalue weighted by Gasteiger charge is -2.26. The van der Waals surface area contributed by atoms with E-state index in [0.717, 1.165) is 33.4 Å². The Morgan fingerprint density at radius 1 is 1.03 bits per heavy atom. The Kier molecular flexibility index (Phi) is 5.59. The third-order valence-electron chi connectivity index (χ3n) is 5.53. The number of rotatable bonds is 5. The lowest BCUT2D eigenvalue weighted by Crippen LogP contribution is -2.26. The summed E-state index contributed by atoms with van der Waals surface area (Å²) in [6.07, 6.45) is 1.20. The number of hydrogen-bond acceptors (Lipinski definition) is 5. The minimum Gasteiger partial charge on any atom is -0.372 e. The number of nitrogens with zero attached hydrogens (tertiary/aromatic N) is 2. The van der Waals surface area contributed by atoms with Crippen LogP contribution in [0.25, 0.3) is 21.6 Å². The zero-order valence-corrected chi connectivity index (χ0v) is 18.8. The van der Waals surface area contributed by atoms with E-state index < -0.39 is 0 Å². The third-order valence-corrected chi connectivity index (χ3v) is 7.67. The number of aromatic nitrogens is 2. The highest BCUT2D eigenvalue weighted by atomic mass is 32.2. The van der Waals surface area contributed by atoms with E-state index in [1.807, 2.05) is 30.0 Å². The largest absolute Gasteiger partial charge is 0.372 e. The molecule has 4 aromatic rings. The van der Waals surface area contributed by atoms with E-state index in [-0.39, 0.29) is 6.10 Å². The number of benzene rings is 2. The molecule has 0 saturated heterocycles. The molecule has 2 aromatic heterocycles. The first kappa shape index (κ1) is 19.7. The van der Waals surface area contributed by atoms with E-state index in [1.165, 1.54) is 21.4 Å². The van der Waals surface area contributed by atoms with Crippen molar-refractivity contribution in [3.8, 4) is 11.4 Å². The van der Waals surface area contributed by atoms with Crippen molar-refractivity contribution in [3.63, 3.8) is 0 Å². The van der Waals surface area contributed by atoms with Gasteiger partial charge in [-0.2, -0.15) is 0 Å². The molecule has 5 heteroatoms. The summed E-state index contributed by atoms with van der Waals surface area (Å²) < 4.78 is 6.13. The van der Waals surface area contributed by atoms with Crippen molar-refractivity contribution < 1.29 is 4.74 Å². The molecule has 0 radical (unpaired) electrons. The monoisotopic (exact) mass is 432 g/mol. The first-order chi connectivity index (χ1) is 14.7. The van der Waals surface area contributed by atoms with Crippen molar-refractivity contribution in [2.45, 2.75) is 43.8 Å². The minimum atomic E-state index is 0.260. The molecule has 0 fully saturated rings. The Labute approximate surface area is 185 Å². The van der Waals surface area contributed by atoms with Crippen molar-refractivity contribution in [2.75, 3.05) is 0 Å². The van der Waals surface area contributed by atoms with Gasteiger partial charge in [0.1, 0.15) is 9.86 Å². The van der Waals surface area contributed by atoms with Gasteiger partial charge in [0, 0.05) is 28.0 Å². The van der Waals surface area contributed by atoms with E-state index in [4.69, 9.17) is 14.7 Å². The Balaban J connectivity index is 1.61. The van der Waals surface area contributed by atoms with Gasteiger partial charge in [0.15, 0.2) is 5.82 Å². The summed E-state index contributed by atoms with van der Waals surface area (Å²) in [5.74, 6) is 2.20. The number of fused-ring (bicyclic) bond motifs is 3. The van der Waals surface area contributed by atoms with Crippen LogP contribution in [0, 0.1) is 5.92 Å². The SMILES string of the molecule is CC(C)[C@@H]1Cc2c(sc3nc(-c4ccccc4)nc(SCc4ccccc4)c23)CO1. The maximum absolute atomic E-state index is 6.13. The van der Waals surface area contributed by atoms with Gasteiger partial charge >= 0.3 is 0 Å². The predicted molar refractivity (Wildman–Crippen MR) is 126 cm³/mol. The smallest absolute Gasteiger partial charge is 0.162 e. The normalized spacial score (nSPS) is 16.2. The van der Waals surface area contributed by atoms with Gasteiger partial charge in [0.05, 0.1) is 12.7 Å². The molecule has 0 amide bonds. The first-order valence-corrected chi connectivity index (χ1v) is 12.2. The average Bonchev–Trinajstić information content (AvgIpc) is 3.16. The highest BCUT2D eigenvalue weighted by molar-refractivity contribution is 7.98. The van der Waals surface area contributed by atoms with Gasteiger partial charge in [-0.1, -0.05) is 74.5 Å². The zero-order valence-electron chi connectivity index (χ0n) is 17.2. The van der Waals surface area contributed by atoms with Crippen molar-refractivity contribution >= 4 is 33.3 Å². The highest BCUT2D eigenvalue weighted by Gasteiger charge is 2.28. The number of thioether (sulfide) groups is 1. The third kappa shape index (κ3) is 3.89. The summed E-state index contributed by atoms with van der Waals surface area (Å²) in [6.45, 7) is 5.15. The second-order valence-corrected chi connectivity index (χ2v) is 10.0. The standard InChI is InChI=1S/C25H24N2OS2/c1-16(2)20-13-19-21(14-28-20)30-25-22(19)24(29-15-17-9-5-3-6-10-17)26-23(27-25)18-11-7-4-8-12-18/h3-12,16,20H,13-15H2,1-2H3/t20-/m0/s1. The summed E-state index contributed by atoms with van der Waals surface area (Å²) >= 11 is 3.58. The maximum atomic E-state index is 6.13. The van der Waals surface area contributed by atoms with Gasteiger partial charge in [0.25, 0.3) is 0 Å². The van der Waals surface area contributed by atoms with Crippen LogP contribution in [0.2, 0.25) is 0 Å². The molecule has 0 saturated carbocycles. The van der Waals surface area contributed by atoms with Crippen LogP contribution in [-0.4, -0.2) is 16.1 Å². The second kappa shape index (κ2) is 8.50. The molecular weight excluding hydrogens is 408 g/mol. The van der Waals surface area contributed by atoms with Gasteiger partial charge in [0.2, 0.25) is 0 Å². The van der Waals surface area contributed by atoms with Crippen LogP contribution in [0.5, 0.6) is 0 Å². The van der Waals surface area contributed by atoms with Crippen LogP contribution in [-0.2, 0) is 23.5 Å². The van der Waals surface area contributed by atoms with E-state index in [1.54, 1.807) is 11.3 Å². The van der Waals surface area contributed by atoms with Crippen LogP contribution >= 0.6 is 23.1 Å². The summed E-state index contributed by atoms with van der Waals surface area (Å²) in [7, 11) is 0. The lowest BCUT2D eigenvalue weighted by atomic mass is 9.96. The zero-order chi connectivity index (χ0) is 20.5. The molecule has 1 atom stereocenters. The molecule has 5 rings (SSSR count). The number of thiophene rings is 1. The van der Waals surface area contributed by atoms with E-state index >= 15 is 0 Å². The van der Waals surface area contributed by atoms with Crippen molar-refractivity contribution in [1.29, 1.82) is 0 Å². The lowest BCUT2D eigenvalue weighted by molar-refractivity contribution is 0.00199. The first-order valence-electron chi connectivity index (χ1n) is 10.3. The Hall–Kier alpha value is -2.21. The quantitative estimate of drug-likeness (QED) is 0.258. The van der Waals surface area contributed by atoms with Gasteiger partial charge in [-0.25, -0.2) is 9.97 Å². The molecular formula is C25H24N2OS2. The fourth-order valence-corrected chi connectivity index (χ4v) is 6.02. The van der Waals surface area contributed by atoms with Crippen LogP contribution in [0.15, 0.2) is 65.7 Å². The maximum Gasteiger partial charge on any atom is 0.162 e. The molecule has 0 bridgehead atoms. The van der Waals surface area contributed by atoms with E-state index in [0.29, 0.717) is 12.5 Å². The molecule has 0 unspecified atom stereocenters. The van der Waals surface area contributed by atoms with Crippen LogP contribution in [0.3, 0.4) is 0 Å². The topological polar surface area (TPSA) is 35.0 Å². The fraction of sp³-hybridized carbons (Fsp3) is 0.280. The highest BCUT2D eigenvalue weighted by Crippen LogP contribution is 2.41. The van der Waals surface area contributed by atoms with Crippen LogP contribution in [0.4, 0.5) is 0 Å². The van der Waals surface area contributed by atoms with Crippen LogP contribution < -0.4 is 0 Å². The average molecular weight is 433 g/mol. The van der Waals surface area contributed by atoms with E-state index in [2.05, 4.69) is 56.3 Å². The molecule has 0 aliphatic carbocycles. The molecule has 3 heterocycles. The fourth-order valence-electron chi connectivity index (χ4n) is 3.82. The summed E-state index contributed by atoms with van der Waals surface area (Å²) in [4.78, 5) is 12.4. The molecule has 1 aliphatic heterocycles. The molecule has 1 aliphatic rings. The van der Waals surface area contributed by atoms with Crippen molar-refractivity contribution in [2.24, 2.45) is 5.92 Å². The van der Waals surface area contributed by atoms with Crippen molar-refractivity contribution in [3.05, 3.63) is 76.7 Å². The molecule has 3 nitrogen and oxygen atoms in total.